The van der Waals surface area contributed by atoms with E-state index in [-0.39, 0.29) is 17.6 Å². The summed E-state index contributed by atoms with van der Waals surface area (Å²) in [6.07, 6.45) is 11.7. The minimum absolute atomic E-state index is 0.0731. The van der Waals surface area contributed by atoms with Crippen LogP contribution in [0.3, 0.4) is 0 Å². The number of nitrogens with one attached hydrogen (secondary N) is 1. The van der Waals surface area contributed by atoms with E-state index in [1.165, 1.54) is 12.3 Å². The number of piperidine rings is 1. The Morgan fingerprint density at radius 1 is 1.10 bits per heavy atom. The van der Waals surface area contributed by atoms with Crippen LogP contribution < -0.4 is 0 Å². The van der Waals surface area contributed by atoms with Crippen LogP contribution in [0, 0.1) is 5.82 Å². The standard InChI is InChI=1S/C29H28FN7O2/c30-20-1-2-25-23(11-20)19(13-31-25)16-36-7-3-21(4-8-36)37-17-34-26-15-33-28(35-29(26)37)24-12-22(38)14-32-27(24)18-5-9-39-10-6-18/h1-2,5,11-15,17,21,31,38H,3-4,6-10,16H2. The van der Waals surface area contributed by atoms with E-state index in [2.05, 4.69) is 29.4 Å². The molecule has 198 valence electrons. The number of fused-ring (bicyclic) bond motifs is 2. The van der Waals surface area contributed by atoms with E-state index in [4.69, 9.17) is 9.72 Å². The second-order valence-electron chi connectivity index (χ2n) is 10.2. The number of rotatable bonds is 5. The first-order valence-corrected chi connectivity index (χ1v) is 13.3. The van der Waals surface area contributed by atoms with Crippen LogP contribution in [0.1, 0.15) is 36.6 Å². The number of aromatic amines is 1. The Morgan fingerprint density at radius 2 is 2.00 bits per heavy atom. The Kier molecular flexibility index (Phi) is 6.05. The molecule has 2 aliphatic heterocycles. The molecule has 0 saturated carbocycles. The van der Waals surface area contributed by atoms with Crippen molar-refractivity contribution in [3.8, 4) is 17.1 Å². The Balaban J connectivity index is 1.13. The molecule has 0 unspecified atom stereocenters. The number of H-pyrrole nitrogens is 1. The minimum Gasteiger partial charge on any atom is -0.506 e. The van der Waals surface area contributed by atoms with Gasteiger partial charge >= 0.3 is 0 Å². The van der Waals surface area contributed by atoms with E-state index in [1.807, 2.05) is 18.6 Å². The van der Waals surface area contributed by atoms with Gasteiger partial charge < -0.3 is 19.4 Å². The van der Waals surface area contributed by atoms with Crippen molar-refractivity contribution in [1.29, 1.82) is 0 Å². The number of nitrogens with zero attached hydrogens (tertiary/aromatic N) is 6. The van der Waals surface area contributed by atoms with Gasteiger partial charge in [-0.05, 0) is 54.7 Å². The molecule has 39 heavy (non-hydrogen) atoms. The zero-order chi connectivity index (χ0) is 26.3. The highest BCUT2D eigenvalue weighted by Gasteiger charge is 2.24. The average Bonchev–Trinajstić information content (AvgIpc) is 3.57. The first kappa shape index (κ1) is 23.9. The van der Waals surface area contributed by atoms with Gasteiger partial charge in [0.05, 0.1) is 37.6 Å². The molecular weight excluding hydrogens is 497 g/mol. The molecule has 1 aromatic carbocycles. The lowest BCUT2D eigenvalue weighted by atomic mass is 10.0. The van der Waals surface area contributed by atoms with Crippen LogP contribution in [0.4, 0.5) is 4.39 Å². The predicted molar refractivity (Wildman–Crippen MR) is 145 cm³/mol. The Hall–Kier alpha value is -4.15. The summed E-state index contributed by atoms with van der Waals surface area (Å²) >= 11 is 0. The lowest BCUT2D eigenvalue weighted by Gasteiger charge is -2.32. The summed E-state index contributed by atoms with van der Waals surface area (Å²) in [5, 5.41) is 11.2. The van der Waals surface area contributed by atoms with Gasteiger partial charge in [0.15, 0.2) is 11.5 Å². The monoisotopic (exact) mass is 525 g/mol. The number of likely N-dealkylation sites (tertiary alicyclic amines) is 1. The Labute approximate surface area is 224 Å². The highest BCUT2D eigenvalue weighted by atomic mass is 19.1. The molecule has 9 nitrogen and oxygen atoms in total. The summed E-state index contributed by atoms with van der Waals surface area (Å²) in [6, 6.07) is 6.81. The number of benzene rings is 1. The van der Waals surface area contributed by atoms with E-state index in [0.29, 0.717) is 24.6 Å². The third kappa shape index (κ3) is 4.55. The molecule has 7 rings (SSSR count). The molecule has 0 amide bonds. The molecule has 1 saturated heterocycles. The summed E-state index contributed by atoms with van der Waals surface area (Å²) < 4.78 is 21.4. The van der Waals surface area contributed by atoms with Crippen molar-refractivity contribution in [2.75, 3.05) is 26.3 Å². The van der Waals surface area contributed by atoms with E-state index >= 15 is 0 Å². The summed E-state index contributed by atoms with van der Waals surface area (Å²) in [7, 11) is 0. The van der Waals surface area contributed by atoms with Gasteiger partial charge in [0.2, 0.25) is 0 Å². The van der Waals surface area contributed by atoms with Gasteiger partial charge in [0, 0.05) is 48.3 Å². The van der Waals surface area contributed by atoms with Gasteiger partial charge in [-0.15, -0.1) is 0 Å². The summed E-state index contributed by atoms with van der Waals surface area (Å²) in [5.41, 5.74) is 6.12. The zero-order valence-corrected chi connectivity index (χ0v) is 21.3. The minimum atomic E-state index is -0.214. The van der Waals surface area contributed by atoms with Gasteiger partial charge in [-0.1, -0.05) is 6.08 Å². The molecule has 4 aromatic heterocycles. The van der Waals surface area contributed by atoms with Crippen LogP contribution in [0.5, 0.6) is 5.75 Å². The SMILES string of the molecule is Oc1cnc(C2=CCOCC2)c(-c2ncc3ncn(C4CCN(Cc5c[nH]c6ccc(F)cc56)CC4)c3n2)c1. The smallest absolute Gasteiger partial charge is 0.164 e. The third-order valence-electron chi connectivity index (χ3n) is 7.77. The molecule has 0 aliphatic carbocycles. The van der Waals surface area contributed by atoms with Crippen LogP contribution in [-0.2, 0) is 11.3 Å². The maximum absolute atomic E-state index is 13.8. The topological polar surface area (TPSA) is 105 Å². The molecular formula is C29H28FN7O2. The van der Waals surface area contributed by atoms with Gasteiger partial charge in [0.1, 0.15) is 17.1 Å². The molecule has 0 bridgehead atoms. The van der Waals surface area contributed by atoms with Gasteiger partial charge in [0.25, 0.3) is 0 Å². The average molecular weight is 526 g/mol. The quantitative estimate of drug-likeness (QED) is 0.338. The first-order valence-electron chi connectivity index (χ1n) is 13.3. The van der Waals surface area contributed by atoms with Crippen molar-refractivity contribution in [2.45, 2.75) is 31.8 Å². The van der Waals surface area contributed by atoms with Crippen molar-refractivity contribution in [3.05, 3.63) is 72.3 Å². The fourth-order valence-electron chi connectivity index (χ4n) is 5.72. The lowest BCUT2D eigenvalue weighted by Crippen LogP contribution is -2.34. The second-order valence-corrected chi connectivity index (χ2v) is 10.2. The van der Waals surface area contributed by atoms with Crippen molar-refractivity contribution >= 4 is 27.6 Å². The number of halogens is 1. The van der Waals surface area contributed by atoms with Crippen molar-refractivity contribution in [3.63, 3.8) is 0 Å². The van der Waals surface area contributed by atoms with E-state index in [9.17, 15) is 9.50 Å². The highest BCUT2D eigenvalue weighted by Crippen LogP contribution is 2.33. The van der Waals surface area contributed by atoms with Crippen LogP contribution in [0.25, 0.3) is 39.0 Å². The molecule has 2 aliphatic rings. The zero-order valence-electron chi connectivity index (χ0n) is 21.3. The van der Waals surface area contributed by atoms with Crippen LogP contribution >= 0.6 is 0 Å². The molecule has 0 atom stereocenters. The molecule has 10 heteroatoms. The van der Waals surface area contributed by atoms with Gasteiger partial charge in [-0.3, -0.25) is 9.88 Å². The predicted octanol–water partition coefficient (Wildman–Crippen LogP) is 4.86. The lowest BCUT2D eigenvalue weighted by molar-refractivity contribution is 0.161. The normalized spacial score (nSPS) is 17.2. The number of pyridine rings is 1. The highest BCUT2D eigenvalue weighted by molar-refractivity contribution is 5.83. The number of aromatic hydroxyl groups is 1. The third-order valence-corrected chi connectivity index (χ3v) is 7.77. The van der Waals surface area contributed by atoms with Crippen LogP contribution in [0.2, 0.25) is 0 Å². The van der Waals surface area contributed by atoms with Crippen molar-refractivity contribution in [2.24, 2.45) is 0 Å². The Morgan fingerprint density at radius 3 is 2.85 bits per heavy atom. The number of imidazole rings is 1. The van der Waals surface area contributed by atoms with Crippen molar-refractivity contribution in [1.82, 2.24) is 34.4 Å². The van der Waals surface area contributed by atoms with E-state index in [1.54, 1.807) is 24.4 Å². The van der Waals surface area contributed by atoms with Crippen LogP contribution in [0.15, 0.2) is 55.3 Å². The Bertz CT molecular complexity index is 1700. The first-order chi connectivity index (χ1) is 19.1. The fourth-order valence-corrected chi connectivity index (χ4v) is 5.72. The van der Waals surface area contributed by atoms with Crippen LogP contribution in [-0.4, -0.2) is 65.8 Å². The summed E-state index contributed by atoms with van der Waals surface area (Å²) in [4.78, 5) is 24.3. The number of aromatic nitrogens is 6. The molecule has 0 radical (unpaired) electrons. The summed E-state index contributed by atoms with van der Waals surface area (Å²) in [5.74, 6) is 0.372. The number of hydrogen-bond acceptors (Lipinski definition) is 7. The van der Waals surface area contributed by atoms with Gasteiger partial charge in [-0.2, -0.15) is 0 Å². The van der Waals surface area contributed by atoms with E-state index in [0.717, 1.165) is 77.8 Å². The number of hydrogen-bond donors (Lipinski definition) is 2. The number of ether oxygens (including phenoxy) is 1. The fraction of sp³-hybridized carbons (Fsp3) is 0.310. The second kappa shape index (κ2) is 9.87. The van der Waals surface area contributed by atoms with Crippen molar-refractivity contribution < 1.29 is 14.2 Å². The van der Waals surface area contributed by atoms with Gasteiger partial charge in [-0.25, -0.2) is 19.3 Å². The molecule has 0 spiro atoms. The molecule has 5 aromatic rings. The maximum atomic E-state index is 13.8. The summed E-state index contributed by atoms with van der Waals surface area (Å²) in [6.45, 7) is 3.79. The van der Waals surface area contributed by atoms with E-state index < -0.39 is 0 Å². The molecule has 6 heterocycles. The largest absolute Gasteiger partial charge is 0.506 e. The molecule has 1 fully saturated rings. The molecule has 2 N–H and O–H groups in total. The maximum Gasteiger partial charge on any atom is 0.164 e.